The van der Waals surface area contributed by atoms with Crippen molar-refractivity contribution >= 4 is 17.5 Å². The number of ether oxygens (including phenoxy) is 1. The molecule has 2 aliphatic heterocycles. The van der Waals surface area contributed by atoms with Gasteiger partial charge in [-0.15, -0.1) is 0 Å². The molecule has 0 radical (unpaired) electrons. The van der Waals surface area contributed by atoms with Crippen molar-refractivity contribution in [3.63, 3.8) is 0 Å². The second-order valence-electron chi connectivity index (χ2n) is 7.34. The molecule has 0 unspecified atom stereocenters. The number of hydrogen-bond donors (Lipinski definition) is 1. The van der Waals surface area contributed by atoms with Gasteiger partial charge in [0.25, 0.3) is 0 Å². The average Bonchev–Trinajstić information content (AvgIpc) is 3.25. The SMILES string of the molecule is COc1ccccc1N1CCN(C(=O)CCNCC(=O)N2CCC[C@H]2C#N)CC1. The van der Waals surface area contributed by atoms with Crippen molar-refractivity contribution in [2.45, 2.75) is 25.3 Å². The van der Waals surface area contributed by atoms with Crippen LogP contribution in [-0.4, -0.2) is 80.6 Å². The Bertz CT molecular complexity index is 755. The Labute approximate surface area is 172 Å². The van der Waals surface area contributed by atoms with E-state index in [0.29, 0.717) is 32.6 Å². The number of amides is 2. The van der Waals surface area contributed by atoms with E-state index in [9.17, 15) is 9.59 Å². The van der Waals surface area contributed by atoms with Gasteiger partial charge in [-0.25, -0.2) is 0 Å². The van der Waals surface area contributed by atoms with Crippen LogP contribution in [0.5, 0.6) is 5.75 Å². The summed E-state index contributed by atoms with van der Waals surface area (Å²) in [7, 11) is 1.67. The third kappa shape index (κ3) is 5.18. The summed E-state index contributed by atoms with van der Waals surface area (Å²) in [5.41, 5.74) is 1.06. The van der Waals surface area contributed by atoms with E-state index >= 15 is 0 Å². The Morgan fingerprint density at radius 2 is 1.93 bits per heavy atom. The number of nitrogens with zero attached hydrogens (tertiary/aromatic N) is 4. The Hall–Kier alpha value is -2.79. The van der Waals surface area contributed by atoms with Gasteiger partial charge in [0.15, 0.2) is 0 Å². The van der Waals surface area contributed by atoms with Crippen LogP contribution >= 0.6 is 0 Å². The van der Waals surface area contributed by atoms with Crippen LogP contribution < -0.4 is 15.0 Å². The molecule has 2 amide bonds. The van der Waals surface area contributed by atoms with E-state index in [-0.39, 0.29) is 24.4 Å². The molecule has 156 valence electrons. The fourth-order valence-electron chi connectivity index (χ4n) is 3.94. The van der Waals surface area contributed by atoms with Gasteiger partial charge in [0, 0.05) is 45.7 Å². The lowest BCUT2D eigenvalue weighted by molar-refractivity contribution is -0.132. The Morgan fingerprint density at radius 1 is 1.17 bits per heavy atom. The number of carbonyl (C=O) groups excluding carboxylic acids is 2. The van der Waals surface area contributed by atoms with Crippen LogP contribution in [0.25, 0.3) is 0 Å². The standard InChI is InChI=1S/C21H29N5O3/c1-29-19-7-3-2-6-18(19)24-11-13-25(14-12-24)20(27)8-9-23-16-21(28)26-10-4-5-17(26)15-22/h2-3,6-7,17,23H,4-5,8-14,16H2,1H3/t17-/m0/s1. The minimum Gasteiger partial charge on any atom is -0.495 e. The van der Waals surface area contributed by atoms with Gasteiger partial charge in [0.05, 0.1) is 25.4 Å². The van der Waals surface area contributed by atoms with Gasteiger partial charge in [-0.2, -0.15) is 5.26 Å². The molecule has 1 N–H and O–H groups in total. The number of rotatable bonds is 7. The van der Waals surface area contributed by atoms with E-state index in [4.69, 9.17) is 10.00 Å². The Kier molecular flexibility index (Phi) is 7.30. The van der Waals surface area contributed by atoms with E-state index in [1.165, 1.54) is 0 Å². The molecule has 2 saturated heterocycles. The Morgan fingerprint density at radius 3 is 2.66 bits per heavy atom. The molecule has 0 spiro atoms. The number of likely N-dealkylation sites (tertiary alicyclic amines) is 1. The van der Waals surface area contributed by atoms with Crippen molar-refractivity contribution in [2.24, 2.45) is 0 Å². The van der Waals surface area contributed by atoms with Gasteiger partial charge >= 0.3 is 0 Å². The van der Waals surface area contributed by atoms with Gasteiger partial charge in [0.1, 0.15) is 11.8 Å². The number of piperazine rings is 1. The van der Waals surface area contributed by atoms with Crippen LogP contribution in [0.4, 0.5) is 5.69 Å². The van der Waals surface area contributed by atoms with Gasteiger partial charge in [-0.05, 0) is 25.0 Å². The topological polar surface area (TPSA) is 88.9 Å². The molecule has 2 fully saturated rings. The van der Waals surface area contributed by atoms with Gasteiger partial charge in [-0.3, -0.25) is 9.59 Å². The summed E-state index contributed by atoms with van der Waals surface area (Å²) >= 11 is 0. The molecule has 3 rings (SSSR count). The molecule has 2 aliphatic rings. The second kappa shape index (κ2) is 10.1. The summed E-state index contributed by atoms with van der Waals surface area (Å²) in [4.78, 5) is 30.4. The van der Waals surface area contributed by atoms with E-state index in [2.05, 4.69) is 16.3 Å². The molecule has 0 aromatic heterocycles. The molecule has 0 aliphatic carbocycles. The van der Waals surface area contributed by atoms with Crippen molar-refractivity contribution in [3.8, 4) is 11.8 Å². The summed E-state index contributed by atoms with van der Waals surface area (Å²) in [5, 5.41) is 12.1. The number of methoxy groups -OCH3 is 1. The number of benzene rings is 1. The van der Waals surface area contributed by atoms with Crippen LogP contribution in [-0.2, 0) is 9.59 Å². The first-order valence-corrected chi connectivity index (χ1v) is 10.2. The fourth-order valence-corrected chi connectivity index (χ4v) is 3.94. The first kappa shape index (κ1) is 20.9. The average molecular weight is 399 g/mol. The molecule has 29 heavy (non-hydrogen) atoms. The number of hydrogen-bond acceptors (Lipinski definition) is 6. The molecule has 8 nitrogen and oxygen atoms in total. The van der Waals surface area contributed by atoms with Crippen molar-refractivity contribution in [2.75, 3.05) is 57.8 Å². The summed E-state index contributed by atoms with van der Waals surface area (Å²) in [6, 6.07) is 9.79. The zero-order chi connectivity index (χ0) is 20.6. The third-order valence-electron chi connectivity index (χ3n) is 5.57. The van der Waals surface area contributed by atoms with Gasteiger partial charge in [0.2, 0.25) is 11.8 Å². The summed E-state index contributed by atoms with van der Waals surface area (Å²) in [6.07, 6.45) is 1.99. The third-order valence-corrected chi connectivity index (χ3v) is 5.57. The molecule has 2 heterocycles. The van der Waals surface area contributed by atoms with Crippen molar-refractivity contribution < 1.29 is 14.3 Å². The number of para-hydroxylation sites is 2. The molecular weight excluding hydrogens is 370 g/mol. The number of nitriles is 1. The second-order valence-corrected chi connectivity index (χ2v) is 7.34. The maximum absolute atomic E-state index is 12.5. The van der Waals surface area contributed by atoms with Gasteiger partial charge in [-0.1, -0.05) is 12.1 Å². The van der Waals surface area contributed by atoms with E-state index in [1.807, 2.05) is 29.2 Å². The van der Waals surface area contributed by atoms with E-state index in [0.717, 1.165) is 37.4 Å². The molecule has 1 atom stereocenters. The number of anilines is 1. The van der Waals surface area contributed by atoms with Crippen LogP contribution in [0.1, 0.15) is 19.3 Å². The van der Waals surface area contributed by atoms with E-state index < -0.39 is 0 Å². The lowest BCUT2D eigenvalue weighted by atomic mass is 10.2. The maximum atomic E-state index is 12.5. The van der Waals surface area contributed by atoms with Crippen molar-refractivity contribution in [1.82, 2.24) is 15.1 Å². The predicted octanol–water partition coefficient (Wildman–Crippen LogP) is 0.838. The molecule has 8 heteroatoms. The monoisotopic (exact) mass is 399 g/mol. The smallest absolute Gasteiger partial charge is 0.237 e. The van der Waals surface area contributed by atoms with Crippen molar-refractivity contribution in [1.29, 1.82) is 5.26 Å². The fraction of sp³-hybridized carbons (Fsp3) is 0.571. The first-order valence-electron chi connectivity index (χ1n) is 10.2. The van der Waals surface area contributed by atoms with Gasteiger partial charge < -0.3 is 24.8 Å². The Balaban J connectivity index is 1.37. The highest BCUT2D eigenvalue weighted by atomic mass is 16.5. The lowest BCUT2D eigenvalue weighted by Crippen LogP contribution is -2.49. The molecule has 1 aromatic carbocycles. The molecular formula is C21H29N5O3. The zero-order valence-electron chi connectivity index (χ0n) is 17.0. The zero-order valence-corrected chi connectivity index (χ0v) is 17.0. The first-order chi connectivity index (χ1) is 14.1. The normalized spacial score (nSPS) is 19.2. The van der Waals surface area contributed by atoms with Crippen LogP contribution in [0.15, 0.2) is 24.3 Å². The summed E-state index contributed by atoms with van der Waals surface area (Å²) in [5.74, 6) is 0.880. The molecule has 0 bridgehead atoms. The summed E-state index contributed by atoms with van der Waals surface area (Å²) in [6.45, 7) is 4.16. The molecule has 1 aromatic rings. The minimum atomic E-state index is -0.300. The number of nitrogens with one attached hydrogen (secondary N) is 1. The highest BCUT2D eigenvalue weighted by Gasteiger charge is 2.28. The van der Waals surface area contributed by atoms with Crippen LogP contribution in [0, 0.1) is 11.3 Å². The highest BCUT2D eigenvalue weighted by Crippen LogP contribution is 2.28. The van der Waals surface area contributed by atoms with Crippen LogP contribution in [0.2, 0.25) is 0 Å². The molecule has 0 saturated carbocycles. The van der Waals surface area contributed by atoms with Crippen molar-refractivity contribution in [3.05, 3.63) is 24.3 Å². The summed E-state index contributed by atoms with van der Waals surface area (Å²) < 4.78 is 5.43. The van der Waals surface area contributed by atoms with E-state index in [1.54, 1.807) is 12.0 Å². The predicted molar refractivity (Wildman–Crippen MR) is 110 cm³/mol. The number of carbonyl (C=O) groups is 2. The minimum absolute atomic E-state index is 0.0630. The quantitative estimate of drug-likeness (QED) is 0.684. The van der Waals surface area contributed by atoms with Crippen LogP contribution in [0.3, 0.4) is 0 Å². The maximum Gasteiger partial charge on any atom is 0.237 e. The largest absolute Gasteiger partial charge is 0.495 e. The lowest BCUT2D eigenvalue weighted by Gasteiger charge is -2.36. The highest BCUT2D eigenvalue weighted by molar-refractivity contribution is 5.79.